The van der Waals surface area contributed by atoms with Crippen molar-refractivity contribution >= 4 is 17.4 Å². The highest BCUT2D eigenvalue weighted by molar-refractivity contribution is 5.92. The number of hydrogen-bond donors (Lipinski definition) is 3. The summed E-state index contributed by atoms with van der Waals surface area (Å²) in [5, 5.41) is 8.77. The fourth-order valence-electron chi connectivity index (χ4n) is 0.623. The van der Waals surface area contributed by atoms with Gasteiger partial charge in [0, 0.05) is 6.42 Å². The molecule has 0 aliphatic rings. The minimum atomic E-state index is -0.0825. The van der Waals surface area contributed by atoms with E-state index in [0.717, 1.165) is 0 Å². The van der Waals surface area contributed by atoms with Crippen molar-refractivity contribution in [2.45, 2.75) is 13.3 Å². The number of H-pyrrole nitrogens is 1. The summed E-state index contributed by atoms with van der Waals surface area (Å²) < 4.78 is 0. The molecule has 0 atom stereocenters. The number of carbonyl (C=O) groups excluding carboxylic acids is 1. The zero-order chi connectivity index (χ0) is 8.27. The van der Waals surface area contributed by atoms with E-state index in [1.165, 1.54) is 6.20 Å². The molecule has 1 rings (SSSR count). The van der Waals surface area contributed by atoms with Crippen LogP contribution in [0.1, 0.15) is 13.3 Å². The first-order valence-corrected chi connectivity index (χ1v) is 3.32. The molecule has 0 bridgehead atoms. The van der Waals surface area contributed by atoms with E-state index in [0.29, 0.717) is 17.9 Å². The van der Waals surface area contributed by atoms with Crippen molar-refractivity contribution in [3.05, 3.63) is 6.20 Å². The lowest BCUT2D eigenvalue weighted by Crippen LogP contribution is -2.10. The number of amides is 1. The van der Waals surface area contributed by atoms with Gasteiger partial charge in [0.25, 0.3) is 0 Å². The van der Waals surface area contributed by atoms with Crippen molar-refractivity contribution in [1.82, 2.24) is 10.2 Å². The van der Waals surface area contributed by atoms with E-state index in [-0.39, 0.29) is 5.91 Å². The summed E-state index contributed by atoms with van der Waals surface area (Å²) >= 11 is 0. The Hall–Kier alpha value is -1.52. The number of rotatable bonds is 2. The fourth-order valence-corrected chi connectivity index (χ4v) is 0.623. The van der Waals surface area contributed by atoms with Crippen molar-refractivity contribution in [3.8, 4) is 0 Å². The maximum atomic E-state index is 10.8. The molecule has 11 heavy (non-hydrogen) atoms. The number of nitrogens with zero attached hydrogens (tertiary/aromatic N) is 1. The minimum Gasteiger partial charge on any atom is -0.394 e. The summed E-state index contributed by atoms with van der Waals surface area (Å²) in [7, 11) is 0. The zero-order valence-electron chi connectivity index (χ0n) is 6.22. The second kappa shape index (κ2) is 3.05. The van der Waals surface area contributed by atoms with Crippen LogP contribution in [0.5, 0.6) is 0 Å². The van der Waals surface area contributed by atoms with Crippen LogP contribution < -0.4 is 11.1 Å². The van der Waals surface area contributed by atoms with Crippen LogP contribution in [0.2, 0.25) is 0 Å². The molecule has 1 aromatic heterocycles. The molecular weight excluding hydrogens is 144 g/mol. The molecule has 0 aliphatic carbocycles. The van der Waals surface area contributed by atoms with Gasteiger partial charge in [-0.1, -0.05) is 6.92 Å². The second-order valence-corrected chi connectivity index (χ2v) is 2.10. The minimum absolute atomic E-state index is 0.0825. The highest BCUT2D eigenvalue weighted by Crippen LogP contribution is 2.11. The highest BCUT2D eigenvalue weighted by Gasteiger charge is 2.02. The van der Waals surface area contributed by atoms with E-state index in [1.807, 2.05) is 0 Å². The molecule has 5 nitrogen and oxygen atoms in total. The van der Waals surface area contributed by atoms with Gasteiger partial charge in [-0.15, -0.1) is 0 Å². The molecule has 0 radical (unpaired) electrons. The third kappa shape index (κ3) is 1.70. The lowest BCUT2D eigenvalue weighted by Gasteiger charge is -1.99. The van der Waals surface area contributed by atoms with Crippen LogP contribution in [0, 0.1) is 0 Å². The van der Waals surface area contributed by atoms with E-state index in [2.05, 4.69) is 15.5 Å². The summed E-state index contributed by atoms with van der Waals surface area (Å²) in [4.78, 5) is 10.8. The molecular formula is C6H10N4O. The molecule has 0 saturated heterocycles. The standard InChI is InChI=1S/C6H10N4O/c1-2-5(11)9-6-4(7)3-8-10-6/h3H,2,7H2,1H3,(H2,8,9,10,11). The van der Waals surface area contributed by atoms with E-state index in [4.69, 9.17) is 5.73 Å². The van der Waals surface area contributed by atoms with E-state index >= 15 is 0 Å². The van der Waals surface area contributed by atoms with Gasteiger partial charge in [0.15, 0.2) is 5.82 Å². The van der Waals surface area contributed by atoms with E-state index in [1.54, 1.807) is 6.92 Å². The van der Waals surface area contributed by atoms with Crippen LogP contribution in [-0.2, 0) is 4.79 Å². The van der Waals surface area contributed by atoms with E-state index in [9.17, 15) is 4.79 Å². The van der Waals surface area contributed by atoms with Gasteiger partial charge < -0.3 is 11.1 Å². The van der Waals surface area contributed by atoms with Gasteiger partial charge in [0.1, 0.15) is 0 Å². The van der Waals surface area contributed by atoms with Gasteiger partial charge in [-0.3, -0.25) is 9.89 Å². The first-order chi connectivity index (χ1) is 5.24. The molecule has 0 unspecified atom stereocenters. The van der Waals surface area contributed by atoms with Crippen molar-refractivity contribution in [2.24, 2.45) is 0 Å². The molecule has 0 aromatic carbocycles. The average molecular weight is 154 g/mol. The monoisotopic (exact) mass is 154 g/mol. The summed E-state index contributed by atoms with van der Waals surface area (Å²) in [5.41, 5.74) is 5.89. The normalized spacial score (nSPS) is 9.55. The van der Waals surface area contributed by atoms with Gasteiger partial charge in [0.2, 0.25) is 5.91 Å². The first-order valence-electron chi connectivity index (χ1n) is 3.32. The first kappa shape index (κ1) is 7.59. The Kier molecular flexibility index (Phi) is 2.10. The molecule has 60 valence electrons. The Morgan fingerprint density at radius 2 is 2.64 bits per heavy atom. The predicted octanol–water partition coefficient (Wildman–Crippen LogP) is 0.340. The van der Waals surface area contributed by atoms with Gasteiger partial charge >= 0.3 is 0 Å². The van der Waals surface area contributed by atoms with Crippen molar-refractivity contribution < 1.29 is 4.79 Å². The lowest BCUT2D eigenvalue weighted by molar-refractivity contribution is -0.115. The summed E-state index contributed by atoms with van der Waals surface area (Å²) in [6.07, 6.45) is 1.88. The Balaban J connectivity index is 2.64. The number of aromatic amines is 1. The van der Waals surface area contributed by atoms with Crippen LogP contribution in [-0.4, -0.2) is 16.1 Å². The summed E-state index contributed by atoms with van der Waals surface area (Å²) in [6.45, 7) is 1.77. The van der Waals surface area contributed by atoms with Crippen LogP contribution >= 0.6 is 0 Å². The fraction of sp³-hybridized carbons (Fsp3) is 0.333. The van der Waals surface area contributed by atoms with Crippen molar-refractivity contribution in [3.63, 3.8) is 0 Å². The lowest BCUT2D eigenvalue weighted by atomic mass is 10.4. The summed E-state index contributed by atoms with van der Waals surface area (Å²) in [6, 6.07) is 0. The number of anilines is 2. The van der Waals surface area contributed by atoms with Crippen LogP contribution in [0.25, 0.3) is 0 Å². The van der Waals surface area contributed by atoms with Crippen LogP contribution in [0.4, 0.5) is 11.5 Å². The van der Waals surface area contributed by atoms with Crippen molar-refractivity contribution in [2.75, 3.05) is 11.1 Å². The highest BCUT2D eigenvalue weighted by atomic mass is 16.1. The molecule has 5 heteroatoms. The number of nitrogens with one attached hydrogen (secondary N) is 2. The molecule has 1 heterocycles. The molecule has 1 amide bonds. The van der Waals surface area contributed by atoms with Gasteiger partial charge in [-0.2, -0.15) is 5.10 Å². The third-order valence-electron chi connectivity index (χ3n) is 1.25. The molecule has 1 aromatic rings. The Morgan fingerprint density at radius 1 is 1.91 bits per heavy atom. The molecule has 0 saturated carbocycles. The smallest absolute Gasteiger partial charge is 0.225 e. The molecule has 0 spiro atoms. The Morgan fingerprint density at radius 3 is 3.09 bits per heavy atom. The number of nitrogens with two attached hydrogens (primary N) is 1. The largest absolute Gasteiger partial charge is 0.394 e. The van der Waals surface area contributed by atoms with Crippen LogP contribution in [0.3, 0.4) is 0 Å². The Labute approximate surface area is 64.0 Å². The average Bonchev–Trinajstić information content (AvgIpc) is 2.37. The molecule has 0 fully saturated rings. The zero-order valence-corrected chi connectivity index (χ0v) is 6.22. The topological polar surface area (TPSA) is 83.8 Å². The number of carbonyl (C=O) groups is 1. The van der Waals surface area contributed by atoms with Gasteiger partial charge in [-0.25, -0.2) is 0 Å². The number of nitrogen functional groups attached to an aromatic ring is 1. The quantitative estimate of drug-likeness (QED) is 0.574. The maximum Gasteiger partial charge on any atom is 0.225 e. The maximum absolute atomic E-state index is 10.8. The van der Waals surface area contributed by atoms with Crippen LogP contribution in [0.15, 0.2) is 6.20 Å². The second-order valence-electron chi connectivity index (χ2n) is 2.10. The van der Waals surface area contributed by atoms with E-state index < -0.39 is 0 Å². The summed E-state index contributed by atoms with van der Waals surface area (Å²) in [5.74, 6) is 0.387. The molecule has 0 aliphatic heterocycles. The molecule has 4 N–H and O–H groups in total. The van der Waals surface area contributed by atoms with Gasteiger partial charge in [0.05, 0.1) is 11.9 Å². The Bertz CT molecular complexity index is 255. The van der Waals surface area contributed by atoms with Gasteiger partial charge in [-0.05, 0) is 0 Å². The number of hydrogen-bond acceptors (Lipinski definition) is 3. The predicted molar refractivity (Wildman–Crippen MR) is 41.9 cm³/mol. The number of aromatic nitrogens is 2. The van der Waals surface area contributed by atoms with Crippen molar-refractivity contribution in [1.29, 1.82) is 0 Å². The third-order valence-corrected chi connectivity index (χ3v) is 1.25. The SMILES string of the molecule is CCC(=O)Nc1[nH]ncc1N.